The van der Waals surface area contributed by atoms with E-state index >= 15 is 0 Å². The minimum Gasteiger partial charge on any atom is -0.356 e. The summed E-state index contributed by atoms with van der Waals surface area (Å²) in [6.07, 6.45) is 10.7. The van der Waals surface area contributed by atoms with Crippen LogP contribution in [0.4, 0.5) is 0 Å². The van der Waals surface area contributed by atoms with Crippen LogP contribution < -0.4 is 5.32 Å². The maximum Gasteiger partial charge on any atom is 0.267 e. The molecule has 4 nitrogen and oxygen atoms in total. The SMILES string of the molecule is O=C(NC1CCCCCC1)c1cc(C(=O)C2CC2)c[nH]1. The number of H-pyrrole nitrogens is 1. The summed E-state index contributed by atoms with van der Waals surface area (Å²) in [5.74, 6) is 0.296. The van der Waals surface area contributed by atoms with Crippen molar-refractivity contribution in [2.24, 2.45) is 5.92 Å². The minimum atomic E-state index is -0.0771. The van der Waals surface area contributed by atoms with Crippen LogP contribution in [-0.2, 0) is 0 Å². The Morgan fingerprint density at radius 3 is 2.40 bits per heavy atom. The number of amides is 1. The lowest BCUT2D eigenvalue weighted by Gasteiger charge is -2.15. The molecule has 2 aliphatic carbocycles. The molecule has 2 saturated carbocycles. The van der Waals surface area contributed by atoms with Crippen molar-refractivity contribution < 1.29 is 9.59 Å². The molecule has 0 unspecified atom stereocenters. The highest BCUT2D eigenvalue weighted by Gasteiger charge is 2.31. The summed E-state index contributed by atoms with van der Waals surface area (Å²) in [5.41, 5.74) is 1.16. The Morgan fingerprint density at radius 1 is 1.05 bits per heavy atom. The van der Waals surface area contributed by atoms with E-state index in [1.165, 1.54) is 25.7 Å². The number of ketones is 1. The molecule has 0 bridgehead atoms. The second-order valence-corrected chi connectivity index (χ2v) is 6.10. The van der Waals surface area contributed by atoms with Crippen molar-refractivity contribution in [3.05, 3.63) is 23.5 Å². The van der Waals surface area contributed by atoms with Gasteiger partial charge in [0.1, 0.15) is 5.69 Å². The van der Waals surface area contributed by atoms with Crippen LogP contribution in [-0.4, -0.2) is 22.7 Å². The third kappa shape index (κ3) is 3.11. The fraction of sp³-hybridized carbons (Fsp3) is 0.625. The number of aromatic nitrogens is 1. The van der Waals surface area contributed by atoms with Crippen molar-refractivity contribution in [2.75, 3.05) is 0 Å². The molecule has 2 fully saturated rings. The van der Waals surface area contributed by atoms with E-state index in [4.69, 9.17) is 0 Å². The third-order valence-corrected chi connectivity index (χ3v) is 4.35. The van der Waals surface area contributed by atoms with Crippen LogP contribution in [0.5, 0.6) is 0 Å². The molecule has 20 heavy (non-hydrogen) atoms. The average Bonchev–Trinajstić information content (AvgIpc) is 3.22. The van der Waals surface area contributed by atoms with Gasteiger partial charge in [-0.15, -0.1) is 0 Å². The highest BCUT2D eigenvalue weighted by Crippen LogP contribution is 2.32. The van der Waals surface area contributed by atoms with Crippen LogP contribution in [0.2, 0.25) is 0 Å². The van der Waals surface area contributed by atoms with Crippen LogP contribution in [0.25, 0.3) is 0 Å². The first-order valence-corrected chi connectivity index (χ1v) is 7.77. The van der Waals surface area contributed by atoms with E-state index in [-0.39, 0.29) is 23.7 Å². The van der Waals surface area contributed by atoms with E-state index in [1.807, 2.05) is 0 Å². The van der Waals surface area contributed by atoms with E-state index in [9.17, 15) is 9.59 Å². The topological polar surface area (TPSA) is 62.0 Å². The predicted octanol–water partition coefficient (Wildman–Crippen LogP) is 3.06. The summed E-state index contributed by atoms with van der Waals surface area (Å²) in [7, 11) is 0. The molecule has 0 spiro atoms. The number of carbonyl (C=O) groups is 2. The maximum atomic E-state index is 12.2. The highest BCUT2D eigenvalue weighted by molar-refractivity contribution is 6.02. The molecule has 1 aromatic rings. The van der Waals surface area contributed by atoms with Gasteiger partial charge >= 0.3 is 0 Å². The van der Waals surface area contributed by atoms with Gasteiger partial charge in [0.2, 0.25) is 0 Å². The number of Topliss-reactive ketones (excluding diaryl/α,β-unsaturated/α-hetero) is 1. The van der Waals surface area contributed by atoms with Gasteiger partial charge in [-0.25, -0.2) is 0 Å². The zero-order valence-electron chi connectivity index (χ0n) is 11.8. The summed E-state index contributed by atoms with van der Waals surface area (Å²) in [6.45, 7) is 0. The zero-order chi connectivity index (χ0) is 13.9. The fourth-order valence-corrected chi connectivity index (χ4v) is 2.94. The van der Waals surface area contributed by atoms with Gasteiger partial charge in [0.05, 0.1) is 0 Å². The average molecular weight is 274 g/mol. The van der Waals surface area contributed by atoms with E-state index in [2.05, 4.69) is 10.3 Å². The molecule has 1 amide bonds. The van der Waals surface area contributed by atoms with E-state index in [0.29, 0.717) is 11.3 Å². The zero-order valence-corrected chi connectivity index (χ0v) is 11.8. The van der Waals surface area contributed by atoms with Crippen LogP contribution in [0.3, 0.4) is 0 Å². The first kappa shape index (κ1) is 13.4. The Bertz CT molecular complexity index is 494. The first-order chi connectivity index (χ1) is 9.74. The molecule has 0 aliphatic heterocycles. The molecule has 0 aromatic carbocycles. The van der Waals surface area contributed by atoms with Crippen molar-refractivity contribution in [1.29, 1.82) is 0 Å². The van der Waals surface area contributed by atoms with Gasteiger partial charge in [-0.05, 0) is 31.7 Å². The van der Waals surface area contributed by atoms with Gasteiger partial charge < -0.3 is 10.3 Å². The standard InChI is InChI=1S/C16H22N2O2/c19-15(11-7-8-11)12-9-14(17-10-12)16(20)18-13-5-3-1-2-4-6-13/h9-11,13,17H,1-8H2,(H,18,20). The Hall–Kier alpha value is -1.58. The van der Waals surface area contributed by atoms with Crippen molar-refractivity contribution in [2.45, 2.75) is 57.4 Å². The summed E-state index contributed by atoms with van der Waals surface area (Å²) in [5, 5.41) is 3.09. The van der Waals surface area contributed by atoms with E-state index in [0.717, 1.165) is 25.7 Å². The van der Waals surface area contributed by atoms with Crippen molar-refractivity contribution in [3.8, 4) is 0 Å². The van der Waals surface area contributed by atoms with Gasteiger partial charge in [0, 0.05) is 23.7 Å². The van der Waals surface area contributed by atoms with Gasteiger partial charge in [-0.1, -0.05) is 25.7 Å². The second-order valence-electron chi connectivity index (χ2n) is 6.10. The lowest BCUT2D eigenvalue weighted by molar-refractivity contribution is 0.0928. The maximum absolute atomic E-state index is 12.2. The Kier molecular flexibility index (Phi) is 3.90. The molecular weight excluding hydrogens is 252 g/mol. The molecular formula is C16H22N2O2. The molecule has 1 heterocycles. The lowest BCUT2D eigenvalue weighted by atomic mass is 10.1. The molecule has 0 saturated heterocycles. The monoisotopic (exact) mass is 274 g/mol. The van der Waals surface area contributed by atoms with Crippen LogP contribution >= 0.6 is 0 Å². The number of hydrogen-bond acceptors (Lipinski definition) is 2. The first-order valence-electron chi connectivity index (χ1n) is 7.77. The Balaban J connectivity index is 1.60. The molecule has 0 radical (unpaired) electrons. The lowest BCUT2D eigenvalue weighted by Crippen LogP contribution is -2.34. The summed E-state index contributed by atoms with van der Waals surface area (Å²) in [4.78, 5) is 27.1. The largest absolute Gasteiger partial charge is 0.356 e. The summed E-state index contributed by atoms with van der Waals surface area (Å²) in [6, 6.07) is 1.99. The van der Waals surface area contributed by atoms with Gasteiger partial charge in [-0.2, -0.15) is 0 Å². The molecule has 3 rings (SSSR count). The van der Waals surface area contributed by atoms with Crippen LogP contribution in [0.15, 0.2) is 12.3 Å². The molecule has 2 aliphatic rings. The third-order valence-electron chi connectivity index (χ3n) is 4.35. The van der Waals surface area contributed by atoms with E-state index < -0.39 is 0 Å². The van der Waals surface area contributed by atoms with E-state index in [1.54, 1.807) is 12.3 Å². The minimum absolute atomic E-state index is 0.0771. The van der Waals surface area contributed by atoms with Crippen molar-refractivity contribution in [3.63, 3.8) is 0 Å². The van der Waals surface area contributed by atoms with Crippen LogP contribution in [0.1, 0.15) is 72.2 Å². The van der Waals surface area contributed by atoms with Gasteiger partial charge in [-0.3, -0.25) is 9.59 Å². The smallest absolute Gasteiger partial charge is 0.267 e. The summed E-state index contributed by atoms with van der Waals surface area (Å²) >= 11 is 0. The quantitative estimate of drug-likeness (QED) is 0.654. The molecule has 2 N–H and O–H groups in total. The Labute approximate surface area is 119 Å². The van der Waals surface area contributed by atoms with Crippen molar-refractivity contribution in [1.82, 2.24) is 10.3 Å². The van der Waals surface area contributed by atoms with Gasteiger partial charge in [0.25, 0.3) is 5.91 Å². The van der Waals surface area contributed by atoms with Gasteiger partial charge in [0.15, 0.2) is 5.78 Å². The Morgan fingerprint density at radius 2 is 1.75 bits per heavy atom. The van der Waals surface area contributed by atoms with Crippen LogP contribution in [0, 0.1) is 5.92 Å². The van der Waals surface area contributed by atoms with Crippen molar-refractivity contribution >= 4 is 11.7 Å². The number of aromatic amines is 1. The summed E-state index contributed by atoms with van der Waals surface area (Å²) < 4.78 is 0. The number of carbonyl (C=O) groups excluding carboxylic acids is 2. The molecule has 4 heteroatoms. The highest BCUT2D eigenvalue weighted by atomic mass is 16.2. The normalized spacial score (nSPS) is 20.4. The fourth-order valence-electron chi connectivity index (χ4n) is 2.94. The number of rotatable bonds is 4. The number of nitrogens with one attached hydrogen (secondary N) is 2. The molecule has 0 atom stereocenters. The molecule has 108 valence electrons. The second kappa shape index (κ2) is 5.81. The number of hydrogen-bond donors (Lipinski definition) is 2. The molecule has 1 aromatic heterocycles. The predicted molar refractivity (Wildman–Crippen MR) is 76.8 cm³/mol.